The minimum atomic E-state index is 0.00949. The molecule has 1 aromatic rings. The van der Waals surface area contributed by atoms with Gasteiger partial charge in [0.25, 0.3) is 5.56 Å². The molecule has 2 fully saturated rings. The lowest BCUT2D eigenvalue weighted by molar-refractivity contribution is 0.139. The summed E-state index contributed by atoms with van der Waals surface area (Å²) in [7, 11) is 2.26. The van der Waals surface area contributed by atoms with Gasteiger partial charge in [-0.1, -0.05) is 6.92 Å². The molecule has 0 spiro atoms. The van der Waals surface area contributed by atoms with Gasteiger partial charge in [0.1, 0.15) is 0 Å². The topological polar surface area (TPSA) is 50.2 Å². The van der Waals surface area contributed by atoms with E-state index in [0.717, 1.165) is 31.6 Å². The van der Waals surface area contributed by atoms with Crippen LogP contribution in [0.2, 0.25) is 0 Å². The van der Waals surface area contributed by atoms with Crippen molar-refractivity contribution < 1.29 is 0 Å². The van der Waals surface area contributed by atoms with Gasteiger partial charge in [-0.3, -0.25) is 4.79 Å². The Balaban J connectivity index is 1.61. The van der Waals surface area contributed by atoms with Gasteiger partial charge in [-0.2, -0.15) is 0 Å². The predicted octanol–water partition coefficient (Wildman–Crippen LogP) is 1.94. The van der Waals surface area contributed by atoms with Crippen LogP contribution in [0, 0.1) is 5.92 Å². The number of nitrogens with zero attached hydrogens (tertiary/aromatic N) is 3. The zero-order valence-corrected chi connectivity index (χ0v) is 13.1. The number of hydrogen-bond donors (Lipinski definition) is 1. The molecule has 3 heterocycles. The van der Waals surface area contributed by atoms with E-state index in [1.54, 1.807) is 17.0 Å². The Morgan fingerprint density at radius 3 is 2.71 bits per heavy atom. The highest BCUT2D eigenvalue weighted by Gasteiger charge is 2.38. The maximum Gasteiger partial charge on any atom is 0.293 e. The highest BCUT2D eigenvalue weighted by atomic mass is 16.1. The van der Waals surface area contributed by atoms with Crippen molar-refractivity contribution in [2.45, 2.75) is 57.7 Å². The van der Waals surface area contributed by atoms with E-state index in [9.17, 15) is 4.79 Å². The van der Waals surface area contributed by atoms with Gasteiger partial charge in [-0.05, 0) is 45.1 Å². The van der Waals surface area contributed by atoms with Crippen molar-refractivity contribution in [3.8, 4) is 0 Å². The number of aryl methyl sites for hydroxylation is 1. The molecular formula is C16H26N4O. The molecule has 2 atom stereocenters. The lowest BCUT2D eigenvalue weighted by atomic mass is 9.91. The monoisotopic (exact) mass is 290 g/mol. The summed E-state index contributed by atoms with van der Waals surface area (Å²) in [5.41, 5.74) is 0.00949. The summed E-state index contributed by atoms with van der Waals surface area (Å²) >= 11 is 0. The van der Waals surface area contributed by atoms with Gasteiger partial charge in [0, 0.05) is 37.6 Å². The molecule has 3 rings (SSSR count). The molecule has 0 aromatic carbocycles. The van der Waals surface area contributed by atoms with Crippen LogP contribution in [0.3, 0.4) is 0 Å². The Kier molecular flexibility index (Phi) is 4.29. The summed E-state index contributed by atoms with van der Waals surface area (Å²) in [5, 5.41) is 3.30. The van der Waals surface area contributed by atoms with Crippen molar-refractivity contribution in [2.75, 3.05) is 18.9 Å². The Labute approximate surface area is 126 Å². The fraction of sp³-hybridized carbons (Fsp3) is 0.750. The molecule has 0 saturated carbocycles. The van der Waals surface area contributed by atoms with Crippen LogP contribution in [-0.4, -0.2) is 40.1 Å². The average Bonchev–Trinajstić information content (AvgIpc) is 2.71. The number of hydrogen-bond acceptors (Lipinski definition) is 4. The van der Waals surface area contributed by atoms with E-state index in [1.165, 1.54) is 25.7 Å². The fourth-order valence-electron chi connectivity index (χ4n) is 3.92. The molecule has 5 nitrogen and oxygen atoms in total. The summed E-state index contributed by atoms with van der Waals surface area (Å²) in [6.45, 7) is 3.71. The second-order valence-corrected chi connectivity index (χ2v) is 6.54. The van der Waals surface area contributed by atoms with Crippen molar-refractivity contribution in [1.29, 1.82) is 0 Å². The van der Waals surface area contributed by atoms with E-state index in [2.05, 4.69) is 29.2 Å². The molecule has 116 valence electrons. The summed E-state index contributed by atoms with van der Waals surface area (Å²) in [6, 6.07) is 1.49. The van der Waals surface area contributed by atoms with Crippen molar-refractivity contribution in [1.82, 2.24) is 14.5 Å². The van der Waals surface area contributed by atoms with Crippen LogP contribution in [-0.2, 0) is 6.54 Å². The van der Waals surface area contributed by atoms with Crippen LogP contribution < -0.4 is 10.9 Å². The highest BCUT2D eigenvalue weighted by Crippen LogP contribution is 2.37. The van der Waals surface area contributed by atoms with Crippen LogP contribution in [0.4, 0.5) is 5.82 Å². The Bertz CT molecular complexity index is 527. The number of fused-ring (bicyclic) bond motifs is 2. The fourth-order valence-corrected chi connectivity index (χ4v) is 3.92. The lowest BCUT2D eigenvalue weighted by Crippen LogP contribution is -2.41. The SMILES string of the molecule is CCCn1ccnc(NCC2CC3CCC(C2)N3C)c1=O. The molecule has 2 saturated heterocycles. The minimum absolute atomic E-state index is 0.00949. The van der Waals surface area contributed by atoms with E-state index >= 15 is 0 Å². The molecule has 2 aliphatic heterocycles. The van der Waals surface area contributed by atoms with Crippen LogP contribution in [0.1, 0.15) is 39.0 Å². The highest BCUT2D eigenvalue weighted by molar-refractivity contribution is 5.30. The number of aromatic nitrogens is 2. The number of rotatable bonds is 5. The molecule has 0 amide bonds. The van der Waals surface area contributed by atoms with Gasteiger partial charge in [-0.15, -0.1) is 0 Å². The maximum atomic E-state index is 12.3. The smallest absolute Gasteiger partial charge is 0.293 e. The maximum absolute atomic E-state index is 12.3. The van der Waals surface area contributed by atoms with Gasteiger partial charge in [-0.25, -0.2) is 4.98 Å². The van der Waals surface area contributed by atoms with Crippen molar-refractivity contribution in [3.05, 3.63) is 22.7 Å². The van der Waals surface area contributed by atoms with Crippen LogP contribution in [0.25, 0.3) is 0 Å². The predicted molar refractivity (Wildman–Crippen MR) is 84.6 cm³/mol. The summed E-state index contributed by atoms with van der Waals surface area (Å²) in [6.07, 6.45) is 9.62. The second kappa shape index (κ2) is 6.18. The quantitative estimate of drug-likeness (QED) is 0.900. The van der Waals surface area contributed by atoms with Crippen molar-refractivity contribution >= 4 is 5.82 Å². The van der Waals surface area contributed by atoms with E-state index in [0.29, 0.717) is 11.7 Å². The first kappa shape index (κ1) is 14.6. The number of anilines is 1. The molecule has 5 heteroatoms. The van der Waals surface area contributed by atoms with Gasteiger partial charge in [0.05, 0.1) is 0 Å². The Morgan fingerprint density at radius 2 is 2.05 bits per heavy atom. The summed E-state index contributed by atoms with van der Waals surface area (Å²) in [5.74, 6) is 1.18. The molecule has 0 radical (unpaired) electrons. The zero-order valence-electron chi connectivity index (χ0n) is 13.1. The third-order valence-corrected chi connectivity index (χ3v) is 5.13. The van der Waals surface area contributed by atoms with Gasteiger partial charge in [0.15, 0.2) is 5.82 Å². The van der Waals surface area contributed by atoms with Crippen LogP contribution >= 0.6 is 0 Å². The standard InChI is InChI=1S/C16H26N4O/c1-3-7-20-8-6-17-15(16(20)21)18-11-12-9-13-4-5-14(10-12)19(13)2/h6,8,12-14H,3-5,7,9-11H2,1-2H3,(H,17,18). The molecule has 0 aliphatic carbocycles. The van der Waals surface area contributed by atoms with E-state index in [-0.39, 0.29) is 5.56 Å². The van der Waals surface area contributed by atoms with E-state index in [4.69, 9.17) is 0 Å². The molecule has 1 aromatic heterocycles. The Hall–Kier alpha value is -1.36. The third-order valence-electron chi connectivity index (χ3n) is 5.13. The molecule has 21 heavy (non-hydrogen) atoms. The molecule has 2 aliphatic rings. The molecule has 1 N–H and O–H groups in total. The van der Waals surface area contributed by atoms with Gasteiger partial charge < -0.3 is 14.8 Å². The number of piperidine rings is 1. The number of nitrogens with one attached hydrogen (secondary N) is 1. The average molecular weight is 290 g/mol. The minimum Gasteiger partial charge on any atom is -0.365 e. The Morgan fingerprint density at radius 1 is 1.33 bits per heavy atom. The van der Waals surface area contributed by atoms with Gasteiger partial charge in [0.2, 0.25) is 0 Å². The largest absolute Gasteiger partial charge is 0.365 e. The van der Waals surface area contributed by atoms with Crippen molar-refractivity contribution in [2.24, 2.45) is 5.92 Å². The second-order valence-electron chi connectivity index (χ2n) is 6.54. The van der Waals surface area contributed by atoms with E-state index in [1.807, 2.05) is 0 Å². The van der Waals surface area contributed by atoms with E-state index < -0.39 is 0 Å². The summed E-state index contributed by atoms with van der Waals surface area (Å²) < 4.78 is 1.74. The van der Waals surface area contributed by atoms with Crippen LogP contribution in [0.5, 0.6) is 0 Å². The first-order valence-corrected chi connectivity index (χ1v) is 8.20. The normalized spacial score (nSPS) is 28.8. The van der Waals surface area contributed by atoms with Gasteiger partial charge >= 0.3 is 0 Å². The lowest BCUT2D eigenvalue weighted by Gasteiger charge is -2.36. The van der Waals surface area contributed by atoms with Crippen LogP contribution in [0.15, 0.2) is 17.2 Å². The molecule has 2 unspecified atom stereocenters. The first-order chi connectivity index (χ1) is 10.2. The summed E-state index contributed by atoms with van der Waals surface area (Å²) in [4.78, 5) is 19.0. The zero-order chi connectivity index (χ0) is 14.8. The molecule has 2 bridgehead atoms. The third kappa shape index (κ3) is 2.98. The first-order valence-electron chi connectivity index (χ1n) is 8.20. The van der Waals surface area contributed by atoms with Crippen molar-refractivity contribution in [3.63, 3.8) is 0 Å². The molecular weight excluding hydrogens is 264 g/mol.